The maximum atomic E-state index is 12.2. The van der Waals surface area contributed by atoms with E-state index in [0.29, 0.717) is 25.5 Å². The Morgan fingerprint density at radius 2 is 2.30 bits per heavy atom. The SMILES string of the molecule is Cc1cccc(Cn2nccc2NC(=O)CN2CC[C@H](O)C2)c1. The van der Waals surface area contributed by atoms with E-state index < -0.39 is 0 Å². The van der Waals surface area contributed by atoms with Crippen LogP contribution in [0.15, 0.2) is 36.5 Å². The van der Waals surface area contributed by atoms with Gasteiger partial charge in [0.05, 0.1) is 25.4 Å². The number of likely N-dealkylation sites (tertiary alicyclic amines) is 1. The predicted molar refractivity (Wildman–Crippen MR) is 88.2 cm³/mol. The summed E-state index contributed by atoms with van der Waals surface area (Å²) < 4.78 is 1.78. The lowest BCUT2D eigenvalue weighted by molar-refractivity contribution is -0.117. The van der Waals surface area contributed by atoms with Gasteiger partial charge in [-0.1, -0.05) is 29.8 Å². The minimum Gasteiger partial charge on any atom is -0.392 e. The van der Waals surface area contributed by atoms with Gasteiger partial charge in [-0.25, -0.2) is 4.68 Å². The molecule has 0 aliphatic carbocycles. The third-order valence-corrected chi connectivity index (χ3v) is 4.01. The molecule has 1 atom stereocenters. The molecule has 0 saturated carbocycles. The zero-order chi connectivity index (χ0) is 16.2. The van der Waals surface area contributed by atoms with Crippen LogP contribution in [0, 0.1) is 6.92 Å². The first kappa shape index (κ1) is 15.7. The number of nitrogens with one attached hydrogen (secondary N) is 1. The maximum absolute atomic E-state index is 12.2. The molecule has 1 aromatic heterocycles. The Kier molecular flexibility index (Phi) is 4.73. The number of aliphatic hydroxyl groups excluding tert-OH is 1. The first-order valence-corrected chi connectivity index (χ1v) is 7.88. The number of hydrogen-bond acceptors (Lipinski definition) is 4. The molecule has 6 nitrogen and oxygen atoms in total. The Hall–Kier alpha value is -2.18. The molecule has 1 aliphatic heterocycles. The number of amides is 1. The standard InChI is InChI=1S/C17H22N4O2/c1-13-3-2-4-14(9-13)10-21-16(5-7-18-21)19-17(23)12-20-8-6-15(22)11-20/h2-5,7,9,15,22H,6,8,10-12H2,1H3,(H,19,23)/t15-/m0/s1. The van der Waals surface area contributed by atoms with Gasteiger partial charge in [0.15, 0.2) is 0 Å². The Balaban J connectivity index is 1.60. The van der Waals surface area contributed by atoms with Crippen molar-refractivity contribution in [1.82, 2.24) is 14.7 Å². The lowest BCUT2D eigenvalue weighted by atomic mass is 10.1. The summed E-state index contributed by atoms with van der Waals surface area (Å²) in [5.74, 6) is 0.612. The number of β-amino-alcohol motifs (C(OH)–C–C–N with tert-alkyl or cyclic N) is 1. The molecule has 23 heavy (non-hydrogen) atoms. The van der Waals surface area contributed by atoms with Crippen LogP contribution in [0.4, 0.5) is 5.82 Å². The average molecular weight is 314 g/mol. The monoisotopic (exact) mass is 314 g/mol. The quantitative estimate of drug-likeness (QED) is 0.871. The molecule has 122 valence electrons. The Bertz CT molecular complexity index is 683. The van der Waals surface area contributed by atoms with Crippen molar-refractivity contribution in [3.05, 3.63) is 47.7 Å². The second-order valence-corrected chi connectivity index (χ2v) is 6.09. The molecular formula is C17H22N4O2. The maximum Gasteiger partial charge on any atom is 0.239 e. The van der Waals surface area contributed by atoms with Gasteiger partial charge < -0.3 is 10.4 Å². The number of anilines is 1. The number of aromatic nitrogens is 2. The zero-order valence-electron chi connectivity index (χ0n) is 13.3. The molecule has 0 radical (unpaired) electrons. The molecule has 0 unspecified atom stereocenters. The van der Waals surface area contributed by atoms with Gasteiger partial charge in [-0.05, 0) is 18.9 Å². The molecule has 2 N–H and O–H groups in total. The summed E-state index contributed by atoms with van der Waals surface area (Å²) in [5.41, 5.74) is 2.35. The molecule has 1 aliphatic rings. The van der Waals surface area contributed by atoms with Crippen LogP contribution >= 0.6 is 0 Å². The number of carbonyl (C=O) groups is 1. The fourth-order valence-electron chi connectivity index (χ4n) is 2.89. The van der Waals surface area contributed by atoms with Gasteiger partial charge in [0.1, 0.15) is 5.82 Å². The highest BCUT2D eigenvalue weighted by Crippen LogP contribution is 2.13. The molecule has 3 rings (SSSR count). The average Bonchev–Trinajstić information content (AvgIpc) is 3.09. The van der Waals surface area contributed by atoms with Crippen molar-refractivity contribution in [3.8, 4) is 0 Å². The first-order valence-electron chi connectivity index (χ1n) is 7.88. The summed E-state index contributed by atoms with van der Waals surface area (Å²) in [7, 11) is 0. The number of nitrogens with zero attached hydrogens (tertiary/aromatic N) is 3. The Labute approximate surface area is 135 Å². The van der Waals surface area contributed by atoms with E-state index in [2.05, 4.69) is 29.5 Å². The number of aliphatic hydroxyl groups is 1. The summed E-state index contributed by atoms with van der Waals surface area (Å²) in [6, 6.07) is 10.0. The summed E-state index contributed by atoms with van der Waals surface area (Å²) in [4.78, 5) is 14.1. The molecule has 1 amide bonds. The van der Waals surface area contributed by atoms with Gasteiger partial charge in [0.2, 0.25) is 5.91 Å². The molecule has 2 heterocycles. The predicted octanol–water partition coefficient (Wildman–Crippen LogP) is 1.24. The smallest absolute Gasteiger partial charge is 0.239 e. The van der Waals surface area contributed by atoms with Crippen molar-refractivity contribution in [2.24, 2.45) is 0 Å². The molecule has 0 spiro atoms. The molecule has 1 fully saturated rings. The van der Waals surface area contributed by atoms with E-state index >= 15 is 0 Å². The number of hydrogen-bond donors (Lipinski definition) is 2. The number of aryl methyl sites for hydroxylation is 1. The van der Waals surface area contributed by atoms with Gasteiger partial charge in [-0.2, -0.15) is 5.10 Å². The van der Waals surface area contributed by atoms with Crippen molar-refractivity contribution in [2.45, 2.75) is 26.0 Å². The highest BCUT2D eigenvalue weighted by Gasteiger charge is 2.22. The Morgan fingerprint density at radius 1 is 1.43 bits per heavy atom. The number of rotatable bonds is 5. The first-order chi connectivity index (χ1) is 11.1. The van der Waals surface area contributed by atoms with Crippen LogP contribution in [0.5, 0.6) is 0 Å². The molecular weight excluding hydrogens is 292 g/mol. The van der Waals surface area contributed by atoms with E-state index in [0.717, 1.165) is 18.5 Å². The fourth-order valence-corrected chi connectivity index (χ4v) is 2.89. The van der Waals surface area contributed by atoms with Gasteiger partial charge in [-0.3, -0.25) is 9.69 Å². The van der Waals surface area contributed by atoms with Crippen LogP contribution in [-0.4, -0.2) is 51.4 Å². The second-order valence-electron chi connectivity index (χ2n) is 6.09. The highest BCUT2D eigenvalue weighted by molar-refractivity contribution is 5.91. The minimum atomic E-state index is -0.311. The van der Waals surface area contributed by atoms with E-state index in [1.165, 1.54) is 5.56 Å². The number of carbonyl (C=O) groups excluding carboxylic acids is 1. The van der Waals surface area contributed by atoms with Crippen LogP contribution in [-0.2, 0) is 11.3 Å². The van der Waals surface area contributed by atoms with Gasteiger partial charge >= 0.3 is 0 Å². The van der Waals surface area contributed by atoms with Crippen LogP contribution in [0.1, 0.15) is 17.5 Å². The van der Waals surface area contributed by atoms with Crippen molar-refractivity contribution in [1.29, 1.82) is 0 Å². The van der Waals surface area contributed by atoms with Crippen LogP contribution in [0.25, 0.3) is 0 Å². The molecule has 1 aromatic carbocycles. The normalized spacial score (nSPS) is 18.3. The largest absolute Gasteiger partial charge is 0.392 e. The topological polar surface area (TPSA) is 70.4 Å². The Morgan fingerprint density at radius 3 is 3.04 bits per heavy atom. The fraction of sp³-hybridized carbons (Fsp3) is 0.412. The van der Waals surface area contributed by atoms with E-state index in [1.807, 2.05) is 17.0 Å². The van der Waals surface area contributed by atoms with Gasteiger partial charge in [0.25, 0.3) is 0 Å². The van der Waals surface area contributed by atoms with Crippen LogP contribution in [0.2, 0.25) is 0 Å². The molecule has 0 bridgehead atoms. The molecule has 1 saturated heterocycles. The summed E-state index contributed by atoms with van der Waals surface area (Å²) in [6.45, 7) is 4.30. The number of benzene rings is 1. The van der Waals surface area contributed by atoms with Crippen molar-refractivity contribution < 1.29 is 9.90 Å². The van der Waals surface area contributed by atoms with Gasteiger partial charge in [-0.15, -0.1) is 0 Å². The second kappa shape index (κ2) is 6.93. The summed E-state index contributed by atoms with van der Waals surface area (Å²) in [5, 5.41) is 16.7. The van der Waals surface area contributed by atoms with Crippen LogP contribution in [0.3, 0.4) is 0 Å². The summed E-state index contributed by atoms with van der Waals surface area (Å²) in [6.07, 6.45) is 2.11. The molecule has 2 aromatic rings. The van der Waals surface area contributed by atoms with Crippen molar-refractivity contribution >= 4 is 11.7 Å². The minimum absolute atomic E-state index is 0.0786. The summed E-state index contributed by atoms with van der Waals surface area (Å²) >= 11 is 0. The van der Waals surface area contributed by atoms with E-state index in [4.69, 9.17) is 0 Å². The van der Waals surface area contributed by atoms with Crippen molar-refractivity contribution in [2.75, 3.05) is 25.0 Å². The van der Waals surface area contributed by atoms with Crippen LogP contribution < -0.4 is 5.32 Å². The molecule has 6 heteroatoms. The van der Waals surface area contributed by atoms with Gasteiger partial charge in [0, 0.05) is 19.2 Å². The third kappa shape index (κ3) is 4.18. The zero-order valence-corrected chi connectivity index (χ0v) is 13.3. The highest BCUT2D eigenvalue weighted by atomic mass is 16.3. The van der Waals surface area contributed by atoms with E-state index in [9.17, 15) is 9.90 Å². The van der Waals surface area contributed by atoms with E-state index in [-0.39, 0.29) is 12.0 Å². The lowest BCUT2D eigenvalue weighted by Crippen LogP contribution is -2.32. The third-order valence-electron chi connectivity index (χ3n) is 4.01. The van der Waals surface area contributed by atoms with Crippen molar-refractivity contribution in [3.63, 3.8) is 0 Å². The lowest BCUT2D eigenvalue weighted by Gasteiger charge is -2.15. The van der Waals surface area contributed by atoms with E-state index in [1.54, 1.807) is 16.9 Å².